The Balaban J connectivity index is 1.99. The van der Waals surface area contributed by atoms with Crippen LogP contribution < -0.4 is 0 Å². The summed E-state index contributed by atoms with van der Waals surface area (Å²) in [6, 6.07) is 14.0. The predicted molar refractivity (Wildman–Crippen MR) is 114 cm³/mol. The van der Waals surface area contributed by atoms with Gasteiger partial charge in [-0.3, -0.25) is 4.79 Å². The minimum absolute atomic E-state index is 0.0251. The second-order valence-electron chi connectivity index (χ2n) is 7.87. The molecule has 3 atom stereocenters. The van der Waals surface area contributed by atoms with Crippen molar-refractivity contribution in [2.75, 3.05) is 13.2 Å². The third-order valence-corrected chi connectivity index (χ3v) is 5.65. The van der Waals surface area contributed by atoms with E-state index in [-0.39, 0.29) is 18.8 Å². The zero-order chi connectivity index (χ0) is 24.8. The summed E-state index contributed by atoms with van der Waals surface area (Å²) in [5, 5.41) is 0. The topological polar surface area (TPSA) is 61.8 Å². The lowest BCUT2D eigenvalue weighted by atomic mass is 9.67. The second-order valence-corrected chi connectivity index (χ2v) is 7.87. The van der Waals surface area contributed by atoms with E-state index in [1.165, 1.54) is 18.2 Å². The number of ether oxygens (including phenoxy) is 3. The van der Waals surface area contributed by atoms with Gasteiger partial charge in [-0.05, 0) is 24.1 Å². The molecule has 0 saturated carbocycles. The number of benzene rings is 2. The number of hydrogen-bond acceptors (Lipinski definition) is 5. The van der Waals surface area contributed by atoms with Crippen LogP contribution in [0.15, 0.2) is 66.7 Å². The highest BCUT2D eigenvalue weighted by Crippen LogP contribution is 2.50. The molecule has 0 unspecified atom stereocenters. The summed E-state index contributed by atoms with van der Waals surface area (Å²) < 4.78 is 71.7. The molecule has 1 aliphatic heterocycles. The van der Waals surface area contributed by atoms with E-state index in [9.17, 15) is 27.2 Å². The highest BCUT2D eigenvalue weighted by Gasteiger charge is 2.60. The average Bonchev–Trinajstić information content (AvgIpc) is 3.16. The van der Waals surface area contributed by atoms with Crippen LogP contribution in [0.1, 0.15) is 24.5 Å². The van der Waals surface area contributed by atoms with Crippen LogP contribution in [0.5, 0.6) is 0 Å². The Morgan fingerprint density at radius 2 is 1.76 bits per heavy atom. The van der Waals surface area contributed by atoms with Crippen LogP contribution in [0.25, 0.3) is 0 Å². The van der Waals surface area contributed by atoms with Gasteiger partial charge in [-0.1, -0.05) is 54.6 Å². The third-order valence-electron chi connectivity index (χ3n) is 5.65. The van der Waals surface area contributed by atoms with Gasteiger partial charge in [-0.15, -0.1) is 0 Å². The first-order valence-corrected chi connectivity index (χ1v) is 10.6. The number of halogens is 4. The molecule has 2 aromatic carbocycles. The molecule has 0 N–H and O–H groups in total. The van der Waals surface area contributed by atoms with E-state index in [4.69, 9.17) is 14.2 Å². The van der Waals surface area contributed by atoms with Gasteiger partial charge in [0.15, 0.2) is 6.10 Å². The van der Waals surface area contributed by atoms with E-state index in [0.29, 0.717) is 5.56 Å². The van der Waals surface area contributed by atoms with Gasteiger partial charge >= 0.3 is 18.1 Å². The molecular weight excluding hydrogens is 456 g/mol. The Morgan fingerprint density at radius 1 is 1.09 bits per heavy atom. The van der Waals surface area contributed by atoms with Gasteiger partial charge in [0.05, 0.1) is 19.6 Å². The number of esters is 2. The smallest absolute Gasteiger partial charge is 0.415 e. The summed E-state index contributed by atoms with van der Waals surface area (Å²) in [6.45, 7) is 0.878. The first-order valence-electron chi connectivity index (χ1n) is 10.6. The lowest BCUT2D eigenvalue weighted by Gasteiger charge is -2.34. The Bertz CT molecular complexity index is 1020. The first-order chi connectivity index (χ1) is 16.2. The van der Waals surface area contributed by atoms with Crippen LogP contribution in [0.4, 0.5) is 17.6 Å². The summed E-state index contributed by atoms with van der Waals surface area (Å²) in [7, 11) is 0. The van der Waals surface area contributed by atoms with Gasteiger partial charge in [0.25, 0.3) is 0 Å². The standard InChI is InChI=1S/C25H24F4O5/c1-2-32-21(30)13-12-19-23(25(27,28)29)34-16-24(19,18-10-6-7-11-20(18)26)14-22(31)33-15-17-8-4-3-5-9-17/h3-13,19,23H,2,14-16H2,1H3/b13-12+/t19-,23+,24+/m1/s1. The van der Waals surface area contributed by atoms with E-state index in [1.54, 1.807) is 37.3 Å². The molecule has 1 saturated heterocycles. The lowest BCUT2D eigenvalue weighted by molar-refractivity contribution is -0.213. The van der Waals surface area contributed by atoms with E-state index in [0.717, 1.165) is 18.2 Å². The fraction of sp³-hybridized carbons (Fsp3) is 0.360. The van der Waals surface area contributed by atoms with E-state index in [1.807, 2.05) is 0 Å². The molecule has 0 radical (unpaired) electrons. The summed E-state index contributed by atoms with van der Waals surface area (Å²) in [4.78, 5) is 24.7. The molecule has 0 spiro atoms. The quantitative estimate of drug-likeness (QED) is 0.306. The maximum Gasteiger partial charge on any atom is 0.415 e. The number of carbonyl (C=O) groups is 2. The monoisotopic (exact) mass is 480 g/mol. The van der Waals surface area contributed by atoms with Crippen molar-refractivity contribution in [3.63, 3.8) is 0 Å². The number of carbonyl (C=O) groups excluding carboxylic acids is 2. The average molecular weight is 480 g/mol. The van der Waals surface area contributed by atoms with Crippen molar-refractivity contribution in [3.8, 4) is 0 Å². The van der Waals surface area contributed by atoms with Gasteiger partial charge in [0, 0.05) is 17.4 Å². The molecule has 2 aromatic rings. The summed E-state index contributed by atoms with van der Waals surface area (Å²) in [5.74, 6) is -4.06. The summed E-state index contributed by atoms with van der Waals surface area (Å²) in [5.41, 5.74) is -1.20. The normalized spacial score (nSPS) is 22.6. The Labute approximate surface area is 194 Å². The maximum absolute atomic E-state index is 14.9. The highest BCUT2D eigenvalue weighted by atomic mass is 19.4. The van der Waals surface area contributed by atoms with E-state index < -0.39 is 54.4 Å². The van der Waals surface area contributed by atoms with Gasteiger partial charge in [-0.2, -0.15) is 13.2 Å². The van der Waals surface area contributed by atoms with Gasteiger partial charge < -0.3 is 14.2 Å². The van der Waals surface area contributed by atoms with Gasteiger partial charge in [0.1, 0.15) is 12.4 Å². The molecule has 34 heavy (non-hydrogen) atoms. The largest absolute Gasteiger partial charge is 0.463 e. The fourth-order valence-electron chi connectivity index (χ4n) is 4.12. The van der Waals surface area contributed by atoms with Crippen LogP contribution in [0.3, 0.4) is 0 Å². The molecule has 0 bridgehead atoms. The molecule has 9 heteroatoms. The van der Waals surface area contributed by atoms with Crippen LogP contribution in [-0.4, -0.2) is 37.4 Å². The molecule has 5 nitrogen and oxygen atoms in total. The predicted octanol–water partition coefficient (Wildman–Crippen LogP) is 4.89. The van der Waals surface area contributed by atoms with Crippen molar-refractivity contribution in [2.24, 2.45) is 5.92 Å². The SMILES string of the molecule is CCOC(=O)/C=C/[C@@H]1[C@@H](C(F)(F)F)OC[C@@]1(CC(=O)OCc1ccccc1)c1ccccc1F. The molecule has 0 aliphatic carbocycles. The van der Waals surface area contributed by atoms with Crippen molar-refractivity contribution in [1.29, 1.82) is 0 Å². The van der Waals surface area contributed by atoms with Crippen molar-refractivity contribution in [2.45, 2.75) is 37.6 Å². The first kappa shape index (κ1) is 25.4. The van der Waals surface area contributed by atoms with Crippen LogP contribution >= 0.6 is 0 Å². The number of alkyl halides is 3. The number of rotatable bonds is 8. The van der Waals surface area contributed by atoms with Crippen LogP contribution in [0.2, 0.25) is 0 Å². The molecule has 0 aromatic heterocycles. The minimum Gasteiger partial charge on any atom is -0.463 e. The molecule has 0 amide bonds. The minimum atomic E-state index is -4.83. The third kappa shape index (κ3) is 5.83. The zero-order valence-corrected chi connectivity index (χ0v) is 18.4. The molecule has 1 fully saturated rings. The maximum atomic E-state index is 14.9. The van der Waals surface area contributed by atoms with Crippen molar-refractivity contribution in [3.05, 3.63) is 83.7 Å². The Kier molecular flexibility index (Phi) is 8.09. The van der Waals surface area contributed by atoms with Gasteiger partial charge in [0.2, 0.25) is 0 Å². The molecule has 1 heterocycles. The van der Waals surface area contributed by atoms with Crippen molar-refractivity contribution in [1.82, 2.24) is 0 Å². The molecule has 1 aliphatic rings. The van der Waals surface area contributed by atoms with E-state index in [2.05, 4.69) is 0 Å². The molecule has 182 valence electrons. The highest BCUT2D eigenvalue weighted by molar-refractivity contribution is 5.82. The zero-order valence-electron chi connectivity index (χ0n) is 18.4. The second kappa shape index (κ2) is 10.8. The van der Waals surface area contributed by atoms with Crippen LogP contribution in [-0.2, 0) is 35.8 Å². The fourth-order valence-corrected chi connectivity index (χ4v) is 4.12. The van der Waals surface area contributed by atoms with Crippen molar-refractivity contribution < 1.29 is 41.4 Å². The van der Waals surface area contributed by atoms with Gasteiger partial charge in [-0.25, -0.2) is 9.18 Å². The summed E-state index contributed by atoms with van der Waals surface area (Å²) in [6.07, 6.45) is -5.94. The summed E-state index contributed by atoms with van der Waals surface area (Å²) >= 11 is 0. The van der Waals surface area contributed by atoms with Crippen molar-refractivity contribution >= 4 is 11.9 Å². The Morgan fingerprint density at radius 3 is 2.41 bits per heavy atom. The molecular formula is C25H24F4O5. The lowest BCUT2D eigenvalue weighted by Crippen LogP contribution is -2.43. The van der Waals surface area contributed by atoms with Crippen LogP contribution in [0, 0.1) is 11.7 Å². The number of hydrogen-bond donors (Lipinski definition) is 0. The Hall–Kier alpha value is -3.20. The molecule has 3 rings (SSSR count). The van der Waals surface area contributed by atoms with E-state index >= 15 is 0 Å².